The molecule has 0 heterocycles. The van der Waals surface area contributed by atoms with Gasteiger partial charge in [-0.1, -0.05) is 24.3 Å². The molecule has 0 aromatic heterocycles. The number of amides is 1. The Balaban J connectivity index is 2.19. The van der Waals surface area contributed by atoms with Crippen molar-refractivity contribution in [1.82, 2.24) is 5.32 Å². The third kappa shape index (κ3) is 6.04. The van der Waals surface area contributed by atoms with Crippen LogP contribution in [0.3, 0.4) is 0 Å². The second-order valence-corrected chi connectivity index (χ2v) is 11.1. The minimum atomic E-state index is -3.67. The second-order valence-electron chi connectivity index (χ2n) is 7.19. The Hall–Kier alpha value is -2.39. The molecule has 2 rings (SSSR count). The lowest BCUT2D eigenvalue weighted by Gasteiger charge is -2.25. The van der Waals surface area contributed by atoms with E-state index in [4.69, 9.17) is 0 Å². The molecule has 0 aliphatic heterocycles. The van der Waals surface area contributed by atoms with Crippen molar-refractivity contribution in [2.24, 2.45) is 0 Å². The van der Waals surface area contributed by atoms with Gasteiger partial charge in [-0.3, -0.25) is 9.10 Å². The van der Waals surface area contributed by atoms with E-state index in [1.165, 1.54) is 12.1 Å². The van der Waals surface area contributed by atoms with Gasteiger partial charge in [0.05, 0.1) is 22.9 Å². The van der Waals surface area contributed by atoms with E-state index in [-0.39, 0.29) is 11.4 Å². The first-order valence-corrected chi connectivity index (χ1v) is 12.7. The summed E-state index contributed by atoms with van der Waals surface area (Å²) in [6.45, 7) is 5.04. The Morgan fingerprint density at radius 1 is 1.00 bits per heavy atom. The molecule has 0 saturated heterocycles. The van der Waals surface area contributed by atoms with Gasteiger partial charge in [0.25, 0.3) is 0 Å². The maximum Gasteiger partial charge on any atom is 0.241 e. The first-order chi connectivity index (χ1) is 13.3. The van der Waals surface area contributed by atoms with Gasteiger partial charge in [-0.2, -0.15) is 0 Å². The molecule has 0 radical (unpaired) electrons. The summed E-state index contributed by atoms with van der Waals surface area (Å²) in [6.07, 6.45) is 2.19. The monoisotopic (exact) mass is 438 g/mol. The molecular weight excluding hydrogens is 412 g/mol. The number of aryl methyl sites for hydroxylation is 2. The summed E-state index contributed by atoms with van der Waals surface area (Å²) >= 11 is 0. The predicted molar refractivity (Wildman–Crippen MR) is 114 cm³/mol. The van der Waals surface area contributed by atoms with Crippen LogP contribution in [-0.4, -0.2) is 41.8 Å². The largest absolute Gasteiger partial charge is 0.348 e. The SMILES string of the molecule is Cc1ccc(C)c(N(CC(=O)N[C@@H](C)c2ccc(S(C)(=O)=O)cc2)S(C)(=O)=O)c1. The third-order valence-electron chi connectivity index (χ3n) is 4.51. The highest BCUT2D eigenvalue weighted by Gasteiger charge is 2.23. The quantitative estimate of drug-likeness (QED) is 0.715. The lowest BCUT2D eigenvalue weighted by molar-refractivity contribution is -0.120. The summed E-state index contributed by atoms with van der Waals surface area (Å²) in [6, 6.07) is 11.2. The van der Waals surface area contributed by atoms with E-state index in [2.05, 4.69) is 5.32 Å². The van der Waals surface area contributed by atoms with Crippen LogP contribution in [0.4, 0.5) is 5.69 Å². The molecule has 0 fully saturated rings. The predicted octanol–water partition coefficient (Wildman–Crippen LogP) is 2.35. The van der Waals surface area contributed by atoms with E-state index in [1.54, 1.807) is 32.0 Å². The zero-order chi connectivity index (χ0) is 22.0. The van der Waals surface area contributed by atoms with E-state index in [0.29, 0.717) is 11.3 Å². The fourth-order valence-corrected chi connectivity index (χ4v) is 4.41. The fourth-order valence-electron chi connectivity index (χ4n) is 2.87. The number of carbonyl (C=O) groups is 1. The van der Waals surface area contributed by atoms with Crippen LogP contribution in [0.2, 0.25) is 0 Å². The minimum Gasteiger partial charge on any atom is -0.348 e. The van der Waals surface area contributed by atoms with Crippen LogP contribution < -0.4 is 9.62 Å². The van der Waals surface area contributed by atoms with Crippen LogP contribution >= 0.6 is 0 Å². The smallest absolute Gasteiger partial charge is 0.241 e. The average molecular weight is 439 g/mol. The molecular formula is C20H26N2O5S2. The van der Waals surface area contributed by atoms with Crippen LogP contribution in [0.25, 0.3) is 0 Å². The van der Waals surface area contributed by atoms with Crippen molar-refractivity contribution in [2.45, 2.75) is 31.7 Å². The van der Waals surface area contributed by atoms with E-state index < -0.39 is 31.8 Å². The molecule has 0 aliphatic rings. The molecule has 1 amide bonds. The fraction of sp³-hybridized carbons (Fsp3) is 0.350. The summed E-state index contributed by atoms with van der Waals surface area (Å²) in [7, 11) is -6.97. The van der Waals surface area contributed by atoms with Gasteiger partial charge in [-0.25, -0.2) is 16.8 Å². The van der Waals surface area contributed by atoms with Crippen LogP contribution in [0.5, 0.6) is 0 Å². The van der Waals surface area contributed by atoms with Crippen molar-refractivity contribution in [2.75, 3.05) is 23.4 Å². The summed E-state index contributed by atoms with van der Waals surface area (Å²) in [5.74, 6) is -0.462. The molecule has 0 saturated carbocycles. The van der Waals surface area contributed by atoms with E-state index in [9.17, 15) is 21.6 Å². The van der Waals surface area contributed by atoms with Crippen LogP contribution in [0.15, 0.2) is 47.4 Å². The standard InChI is InChI=1S/C20H26N2O5S2/c1-14-6-7-15(2)19(12-14)22(29(5,26)27)13-20(23)21-16(3)17-8-10-18(11-9-17)28(4,24)25/h6-12,16H,13H2,1-5H3,(H,21,23)/t16-/m0/s1. The zero-order valence-electron chi connectivity index (χ0n) is 17.1. The van der Waals surface area contributed by atoms with Gasteiger partial charge in [0, 0.05) is 6.26 Å². The average Bonchev–Trinajstić information content (AvgIpc) is 2.60. The molecule has 1 N–H and O–H groups in total. The second kappa shape index (κ2) is 8.54. The number of carbonyl (C=O) groups excluding carboxylic acids is 1. The minimum absolute atomic E-state index is 0.193. The van der Waals surface area contributed by atoms with E-state index >= 15 is 0 Å². The zero-order valence-corrected chi connectivity index (χ0v) is 18.8. The van der Waals surface area contributed by atoms with Crippen molar-refractivity contribution in [3.8, 4) is 0 Å². The van der Waals surface area contributed by atoms with E-state index in [1.807, 2.05) is 19.1 Å². The number of anilines is 1. The van der Waals surface area contributed by atoms with Gasteiger partial charge in [-0.05, 0) is 55.7 Å². The van der Waals surface area contributed by atoms with Crippen LogP contribution in [0.1, 0.15) is 29.7 Å². The molecule has 2 aromatic carbocycles. The van der Waals surface area contributed by atoms with Gasteiger partial charge >= 0.3 is 0 Å². The summed E-state index contributed by atoms with van der Waals surface area (Å²) < 4.78 is 48.8. The number of nitrogens with zero attached hydrogens (tertiary/aromatic N) is 1. The van der Waals surface area contributed by atoms with Gasteiger partial charge < -0.3 is 5.32 Å². The van der Waals surface area contributed by atoms with Crippen molar-refractivity contribution < 1.29 is 21.6 Å². The summed E-state index contributed by atoms with van der Waals surface area (Å²) in [5.41, 5.74) is 2.81. The van der Waals surface area contributed by atoms with Crippen molar-refractivity contribution in [3.05, 3.63) is 59.2 Å². The number of sulfone groups is 1. The highest BCUT2D eigenvalue weighted by Crippen LogP contribution is 2.24. The molecule has 7 nitrogen and oxygen atoms in total. The van der Waals surface area contributed by atoms with Gasteiger partial charge in [-0.15, -0.1) is 0 Å². The van der Waals surface area contributed by atoms with Gasteiger partial charge in [0.1, 0.15) is 6.54 Å². The lowest BCUT2D eigenvalue weighted by atomic mass is 10.1. The number of benzene rings is 2. The first-order valence-electron chi connectivity index (χ1n) is 8.93. The number of nitrogens with one attached hydrogen (secondary N) is 1. The number of hydrogen-bond acceptors (Lipinski definition) is 5. The Kier molecular flexibility index (Phi) is 6.74. The Bertz CT molecular complexity index is 1110. The van der Waals surface area contributed by atoms with Gasteiger partial charge in [0.15, 0.2) is 9.84 Å². The highest BCUT2D eigenvalue weighted by molar-refractivity contribution is 7.92. The number of hydrogen-bond donors (Lipinski definition) is 1. The molecule has 158 valence electrons. The van der Waals surface area contributed by atoms with Crippen molar-refractivity contribution in [1.29, 1.82) is 0 Å². The topological polar surface area (TPSA) is 101 Å². The van der Waals surface area contributed by atoms with Crippen LogP contribution in [0, 0.1) is 13.8 Å². The van der Waals surface area contributed by atoms with Gasteiger partial charge in [0.2, 0.25) is 15.9 Å². The van der Waals surface area contributed by atoms with Crippen molar-refractivity contribution in [3.63, 3.8) is 0 Å². The Morgan fingerprint density at radius 2 is 1.59 bits per heavy atom. The molecule has 9 heteroatoms. The van der Waals surface area contributed by atoms with E-state index in [0.717, 1.165) is 27.9 Å². The molecule has 0 bridgehead atoms. The number of rotatable bonds is 7. The molecule has 2 aromatic rings. The Morgan fingerprint density at radius 3 is 2.10 bits per heavy atom. The normalized spacial score (nSPS) is 13.0. The molecule has 1 atom stereocenters. The van der Waals surface area contributed by atoms with Crippen LogP contribution in [-0.2, 0) is 24.7 Å². The highest BCUT2D eigenvalue weighted by atomic mass is 32.2. The third-order valence-corrected chi connectivity index (χ3v) is 6.76. The maximum atomic E-state index is 12.6. The summed E-state index contributed by atoms with van der Waals surface area (Å²) in [5, 5.41) is 2.77. The number of sulfonamides is 1. The summed E-state index contributed by atoms with van der Waals surface area (Å²) in [4.78, 5) is 12.8. The molecule has 29 heavy (non-hydrogen) atoms. The molecule has 0 unspecified atom stereocenters. The lowest BCUT2D eigenvalue weighted by Crippen LogP contribution is -2.41. The molecule has 0 spiro atoms. The Labute approximate surface area is 172 Å². The molecule has 0 aliphatic carbocycles. The van der Waals surface area contributed by atoms with Crippen molar-refractivity contribution >= 4 is 31.5 Å². The first kappa shape index (κ1) is 22.9. The maximum absolute atomic E-state index is 12.6.